The Labute approximate surface area is 88.0 Å². The predicted molar refractivity (Wildman–Crippen MR) is 56.8 cm³/mol. The van der Waals surface area contributed by atoms with Gasteiger partial charge in [-0.2, -0.15) is 0 Å². The number of rotatable bonds is 4. The van der Waals surface area contributed by atoms with E-state index in [1.54, 1.807) is 37.3 Å². The third-order valence-corrected chi connectivity index (χ3v) is 1.92. The van der Waals surface area contributed by atoms with E-state index >= 15 is 0 Å². The van der Waals surface area contributed by atoms with Gasteiger partial charge in [0, 0.05) is 5.56 Å². The maximum atomic E-state index is 11.7. The second kappa shape index (κ2) is 5.10. The van der Waals surface area contributed by atoms with E-state index in [1.807, 2.05) is 0 Å². The van der Waals surface area contributed by atoms with Gasteiger partial charge < -0.3 is 5.11 Å². The molecule has 0 spiro atoms. The lowest BCUT2D eigenvalue weighted by atomic mass is 10.0. The first-order valence-corrected chi connectivity index (χ1v) is 4.70. The second-order valence-corrected chi connectivity index (χ2v) is 3.03. The summed E-state index contributed by atoms with van der Waals surface area (Å²) in [6.07, 6.45) is 1.96. The van der Waals surface area contributed by atoms with Crippen molar-refractivity contribution in [1.82, 2.24) is 0 Å². The lowest BCUT2D eigenvalue weighted by Crippen LogP contribution is -2.12. The Bertz CT molecular complexity index is 391. The summed E-state index contributed by atoms with van der Waals surface area (Å²) in [5.41, 5.74) is 0.239. The van der Waals surface area contributed by atoms with Gasteiger partial charge in [0.05, 0.1) is 0 Å². The summed E-state index contributed by atoms with van der Waals surface area (Å²) in [6, 6.07) is 8.40. The molecule has 0 aliphatic rings. The number of allylic oxidation sites excluding steroid dienone is 1. The number of ketones is 1. The Hall–Kier alpha value is -1.90. The van der Waals surface area contributed by atoms with Crippen LogP contribution in [-0.4, -0.2) is 16.9 Å². The van der Waals surface area contributed by atoms with E-state index in [9.17, 15) is 9.59 Å². The Morgan fingerprint density at radius 1 is 1.27 bits per heavy atom. The van der Waals surface area contributed by atoms with Crippen molar-refractivity contribution in [2.45, 2.75) is 13.3 Å². The van der Waals surface area contributed by atoms with Gasteiger partial charge in [-0.05, 0) is 6.42 Å². The summed E-state index contributed by atoms with van der Waals surface area (Å²) in [5, 5.41) is 8.85. The third kappa shape index (κ3) is 2.77. The Kier molecular flexibility index (Phi) is 3.80. The van der Waals surface area contributed by atoms with Crippen LogP contribution in [0, 0.1) is 0 Å². The summed E-state index contributed by atoms with van der Waals surface area (Å²) in [5.74, 6) is -1.62. The van der Waals surface area contributed by atoms with Crippen LogP contribution in [-0.2, 0) is 4.79 Å². The molecule has 0 aromatic heterocycles. The molecule has 0 bridgehead atoms. The first kappa shape index (κ1) is 11.2. The molecule has 1 N–H and O–H groups in total. The predicted octanol–water partition coefficient (Wildman–Crippen LogP) is 2.29. The monoisotopic (exact) mass is 204 g/mol. The van der Waals surface area contributed by atoms with Crippen LogP contribution < -0.4 is 0 Å². The van der Waals surface area contributed by atoms with Crippen molar-refractivity contribution in [3.05, 3.63) is 47.5 Å². The summed E-state index contributed by atoms with van der Waals surface area (Å²) < 4.78 is 0. The van der Waals surface area contributed by atoms with Gasteiger partial charge in [-0.15, -0.1) is 0 Å². The highest BCUT2D eigenvalue weighted by Crippen LogP contribution is 2.09. The number of carboxylic acids is 1. The van der Waals surface area contributed by atoms with Crippen molar-refractivity contribution >= 4 is 11.8 Å². The standard InChI is InChI=1S/C12H12O3/c1-2-6-10(12(14)15)11(13)9-7-4-3-5-8-9/h3-8H,2H2,1H3,(H,14,15). The van der Waals surface area contributed by atoms with Crippen LogP contribution in [0.1, 0.15) is 23.7 Å². The van der Waals surface area contributed by atoms with E-state index in [0.29, 0.717) is 12.0 Å². The van der Waals surface area contributed by atoms with Gasteiger partial charge in [0.15, 0.2) is 5.78 Å². The second-order valence-electron chi connectivity index (χ2n) is 3.03. The zero-order valence-corrected chi connectivity index (χ0v) is 8.43. The highest BCUT2D eigenvalue weighted by atomic mass is 16.4. The SMILES string of the molecule is CCC=C(C(=O)O)C(=O)c1ccccc1. The average Bonchev–Trinajstić information content (AvgIpc) is 2.26. The highest BCUT2D eigenvalue weighted by molar-refractivity contribution is 6.23. The van der Waals surface area contributed by atoms with Crippen molar-refractivity contribution < 1.29 is 14.7 Å². The van der Waals surface area contributed by atoms with E-state index in [2.05, 4.69) is 0 Å². The number of carbonyl (C=O) groups excluding carboxylic acids is 1. The largest absolute Gasteiger partial charge is 0.478 e. The number of hydrogen-bond donors (Lipinski definition) is 1. The topological polar surface area (TPSA) is 54.4 Å². The van der Waals surface area contributed by atoms with Gasteiger partial charge in [-0.3, -0.25) is 4.79 Å². The lowest BCUT2D eigenvalue weighted by Gasteiger charge is -2.00. The summed E-state index contributed by atoms with van der Waals surface area (Å²) >= 11 is 0. The van der Waals surface area contributed by atoms with Crippen LogP contribution in [0.5, 0.6) is 0 Å². The molecule has 1 aromatic carbocycles. The van der Waals surface area contributed by atoms with E-state index in [-0.39, 0.29) is 5.57 Å². The van der Waals surface area contributed by atoms with Crippen molar-refractivity contribution in [2.75, 3.05) is 0 Å². The molecule has 0 amide bonds. The molecule has 3 nitrogen and oxygen atoms in total. The van der Waals surface area contributed by atoms with Gasteiger partial charge >= 0.3 is 5.97 Å². The molecule has 0 heterocycles. The Morgan fingerprint density at radius 2 is 1.87 bits per heavy atom. The van der Waals surface area contributed by atoms with E-state index in [1.165, 1.54) is 6.08 Å². The molecule has 3 heteroatoms. The maximum Gasteiger partial charge on any atom is 0.339 e. The fourth-order valence-electron chi connectivity index (χ4n) is 1.23. The van der Waals surface area contributed by atoms with Gasteiger partial charge in [-0.1, -0.05) is 43.3 Å². The average molecular weight is 204 g/mol. The highest BCUT2D eigenvalue weighted by Gasteiger charge is 2.17. The molecule has 0 atom stereocenters. The normalized spacial score (nSPS) is 11.1. The minimum atomic E-state index is -1.18. The van der Waals surface area contributed by atoms with Gasteiger partial charge in [0.25, 0.3) is 0 Å². The molecule has 0 fully saturated rings. The quantitative estimate of drug-likeness (QED) is 0.354. The third-order valence-electron chi connectivity index (χ3n) is 1.92. The fraction of sp³-hybridized carbons (Fsp3) is 0.167. The number of Topliss-reactive ketones (excluding diaryl/α,β-unsaturated/α-hetero) is 1. The van der Waals surface area contributed by atoms with E-state index < -0.39 is 11.8 Å². The molecule has 0 aliphatic carbocycles. The Morgan fingerprint density at radius 3 is 2.33 bits per heavy atom. The minimum Gasteiger partial charge on any atom is -0.478 e. The fourth-order valence-corrected chi connectivity index (χ4v) is 1.23. The first-order chi connectivity index (χ1) is 7.16. The number of aliphatic carboxylic acids is 1. The summed E-state index contributed by atoms with van der Waals surface area (Å²) in [4.78, 5) is 22.5. The van der Waals surface area contributed by atoms with E-state index in [0.717, 1.165) is 0 Å². The molecule has 0 saturated carbocycles. The molecular weight excluding hydrogens is 192 g/mol. The summed E-state index contributed by atoms with van der Waals surface area (Å²) in [7, 11) is 0. The van der Waals surface area contributed by atoms with Gasteiger partial charge in [0.2, 0.25) is 0 Å². The summed E-state index contributed by atoms with van der Waals surface area (Å²) in [6.45, 7) is 1.79. The van der Waals surface area contributed by atoms with Crippen molar-refractivity contribution in [1.29, 1.82) is 0 Å². The zero-order valence-electron chi connectivity index (χ0n) is 8.43. The smallest absolute Gasteiger partial charge is 0.339 e. The Balaban J connectivity index is 3.02. The molecule has 0 aliphatic heterocycles. The van der Waals surface area contributed by atoms with Crippen molar-refractivity contribution in [3.63, 3.8) is 0 Å². The van der Waals surface area contributed by atoms with Gasteiger partial charge in [-0.25, -0.2) is 4.79 Å². The molecule has 15 heavy (non-hydrogen) atoms. The molecular formula is C12H12O3. The van der Waals surface area contributed by atoms with Crippen LogP contribution in [0.4, 0.5) is 0 Å². The molecule has 0 saturated heterocycles. The lowest BCUT2D eigenvalue weighted by molar-refractivity contribution is -0.132. The van der Waals surface area contributed by atoms with Crippen molar-refractivity contribution in [3.8, 4) is 0 Å². The molecule has 1 rings (SSSR count). The first-order valence-electron chi connectivity index (χ1n) is 4.70. The molecule has 1 aromatic rings. The van der Waals surface area contributed by atoms with Crippen LogP contribution in [0.3, 0.4) is 0 Å². The number of carboxylic acid groups (broad SMARTS) is 1. The van der Waals surface area contributed by atoms with Crippen LogP contribution in [0.2, 0.25) is 0 Å². The van der Waals surface area contributed by atoms with Crippen LogP contribution in [0.25, 0.3) is 0 Å². The zero-order chi connectivity index (χ0) is 11.3. The van der Waals surface area contributed by atoms with Crippen LogP contribution >= 0.6 is 0 Å². The van der Waals surface area contributed by atoms with Crippen molar-refractivity contribution in [2.24, 2.45) is 0 Å². The number of carbonyl (C=O) groups is 2. The molecule has 0 unspecified atom stereocenters. The van der Waals surface area contributed by atoms with E-state index in [4.69, 9.17) is 5.11 Å². The minimum absolute atomic E-state index is 0.163. The van der Waals surface area contributed by atoms with Crippen LogP contribution in [0.15, 0.2) is 42.0 Å². The molecule has 78 valence electrons. The number of hydrogen-bond acceptors (Lipinski definition) is 2. The maximum absolute atomic E-state index is 11.7. The van der Waals surface area contributed by atoms with Gasteiger partial charge in [0.1, 0.15) is 5.57 Å². The number of benzene rings is 1. The molecule has 0 radical (unpaired) electrons.